The Morgan fingerprint density at radius 3 is 2.62 bits per heavy atom. The molecule has 29 heavy (non-hydrogen) atoms. The summed E-state index contributed by atoms with van der Waals surface area (Å²) < 4.78 is 6.24. The van der Waals surface area contributed by atoms with Gasteiger partial charge < -0.3 is 4.74 Å². The van der Waals surface area contributed by atoms with E-state index < -0.39 is 0 Å². The zero-order valence-electron chi connectivity index (χ0n) is 16.4. The van der Waals surface area contributed by atoms with Crippen LogP contribution in [0.3, 0.4) is 0 Å². The van der Waals surface area contributed by atoms with Gasteiger partial charge in [0.15, 0.2) is 0 Å². The quantitative estimate of drug-likeness (QED) is 0.465. The van der Waals surface area contributed by atoms with Crippen LogP contribution >= 0.6 is 23.4 Å². The highest BCUT2D eigenvalue weighted by Gasteiger charge is 2.37. The fourth-order valence-corrected chi connectivity index (χ4v) is 5.93. The molecule has 3 atom stereocenters. The monoisotopic (exact) mass is 421 g/mol. The lowest BCUT2D eigenvalue weighted by atomic mass is 9.92. The third-order valence-electron chi connectivity index (χ3n) is 6.07. The van der Waals surface area contributed by atoms with Crippen LogP contribution in [0.5, 0.6) is 0 Å². The van der Waals surface area contributed by atoms with Crippen LogP contribution in [0.25, 0.3) is 0 Å². The van der Waals surface area contributed by atoms with E-state index >= 15 is 0 Å². The van der Waals surface area contributed by atoms with E-state index in [1.54, 1.807) is 0 Å². The summed E-state index contributed by atoms with van der Waals surface area (Å²) in [4.78, 5) is 5.28. The summed E-state index contributed by atoms with van der Waals surface area (Å²) >= 11 is 8.32. The van der Waals surface area contributed by atoms with Crippen molar-refractivity contribution in [2.75, 3.05) is 13.2 Å². The Balaban J connectivity index is 1.56. The summed E-state index contributed by atoms with van der Waals surface area (Å²) in [5.41, 5.74) is 3.99. The minimum Gasteiger partial charge on any atom is -0.371 e. The van der Waals surface area contributed by atoms with Gasteiger partial charge in [-0.3, -0.25) is 4.90 Å². The number of nitrogens with zero attached hydrogens (tertiary/aromatic N) is 1. The lowest BCUT2D eigenvalue weighted by Gasteiger charge is -2.44. The van der Waals surface area contributed by atoms with Crippen LogP contribution in [0.2, 0.25) is 5.02 Å². The molecule has 0 saturated carbocycles. The Labute approximate surface area is 181 Å². The number of hydrogen-bond acceptors (Lipinski definition) is 3. The van der Waals surface area contributed by atoms with E-state index in [0.717, 1.165) is 24.6 Å². The molecule has 3 aromatic rings. The number of hydrogen-bond donors (Lipinski definition) is 0. The molecule has 2 aliphatic rings. The van der Waals surface area contributed by atoms with Gasteiger partial charge >= 0.3 is 0 Å². The molecule has 0 aliphatic carbocycles. The molecule has 0 aromatic heterocycles. The van der Waals surface area contributed by atoms with Crippen LogP contribution in [-0.2, 0) is 11.2 Å². The fourth-order valence-electron chi connectivity index (χ4n) is 4.64. The first kappa shape index (κ1) is 19.2. The van der Waals surface area contributed by atoms with Crippen molar-refractivity contribution in [3.8, 4) is 0 Å². The maximum atomic E-state index is 6.45. The third-order valence-corrected chi connectivity index (χ3v) is 7.52. The molecule has 2 nitrogen and oxygen atoms in total. The fraction of sp³-hybridized carbons (Fsp3) is 0.280. The Hall–Kier alpha value is -1.78. The van der Waals surface area contributed by atoms with Gasteiger partial charge in [-0.05, 0) is 54.3 Å². The number of halogens is 1. The smallest absolute Gasteiger partial charge is 0.0978 e. The molecular weight excluding hydrogens is 398 g/mol. The second-order valence-corrected chi connectivity index (χ2v) is 9.31. The van der Waals surface area contributed by atoms with Crippen molar-refractivity contribution < 1.29 is 4.74 Å². The minimum atomic E-state index is 0.0822. The van der Waals surface area contributed by atoms with Crippen molar-refractivity contribution in [2.45, 2.75) is 41.3 Å². The first-order chi connectivity index (χ1) is 14.2. The summed E-state index contributed by atoms with van der Waals surface area (Å²) in [5.74, 6) is 0. The summed E-state index contributed by atoms with van der Waals surface area (Å²) in [7, 11) is 0. The maximum Gasteiger partial charge on any atom is 0.0978 e. The van der Waals surface area contributed by atoms with Crippen LogP contribution in [-0.4, -0.2) is 24.1 Å². The number of ether oxygens (including phenoxy) is 1. The molecule has 0 unspecified atom stereocenters. The molecule has 0 N–H and O–H groups in total. The molecule has 2 heterocycles. The van der Waals surface area contributed by atoms with Crippen LogP contribution in [0, 0.1) is 0 Å². The van der Waals surface area contributed by atoms with Gasteiger partial charge in [0.1, 0.15) is 0 Å². The van der Waals surface area contributed by atoms with Crippen molar-refractivity contribution in [3.63, 3.8) is 0 Å². The number of morpholine rings is 1. The number of fused-ring (bicyclic) bond motifs is 2. The van der Waals surface area contributed by atoms with E-state index in [9.17, 15) is 0 Å². The lowest BCUT2D eigenvalue weighted by molar-refractivity contribution is -0.0837. The highest BCUT2D eigenvalue weighted by atomic mass is 35.5. The van der Waals surface area contributed by atoms with Gasteiger partial charge in [0.2, 0.25) is 0 Å². The molecule has 0 radical (unpaired) electrons. The number of benzene rings is 3. The zero-order chi connectivity index (χ0) is 19.8. The molecule has 5 rings (SSSR count). The van der Waals surface area contributed by atoms with Crippen molar-refractivity contribution in [3.05, 3.63) is 94.5 Å². The average molecular weight is 422 g/mol. The topological polar surface area (TPSA) is 12.5 Å². The molecule has 0 amide bonds. The average Bonchev–Trinajstić information content (AvgIpc) is 2.91. The largest absolute Gasteiger partial charge is 0.371 e. The van der Waals surface area contributed by atoms with E-state index in [1.807, 2.05) is 17.8 Å². The summed E-state index contributed by atoms with van der Waals surface area (Å²) in [6.45, 7) is 3.96. The van der Waals surface area contributed by atoms with Crippen LogP contribution < -0.4 is 0 Å². The third kappa shape index (κ3) is 3.73. The van der Waals surface area contributed by atoms with E-state index in [1.165, 1.54) is 26.5 Å². The molecule has 1 saturated heterocycles. The van der Waals surface area contributed by atoms with Gasteiger partial charge in [-0.15, -0.1) is 0 Å². The standard InChI is InChI=1S/C25H24ClNOS/c1-17-25(18-7-3-2-4-8-18)28-14-13-27(17)22-15-19-9-5-6-10-23(19)29-24-12-11-20(26)16-21(22)24/h2-12,16-17,22,25H,13-15H2,1H3/t17-,22-,25+/m1/s1. The molecular formula is C25H24ClNOS. The van der Waals surface area contributed by atoms with E-state index in [-0.39, 0.29) is 18.2 Å². The summed E-state index contributed by atoms with van der Waals surface area (Å²) in [6, 6.07) is 26.3. The van der Waals surface area contributed by atoms with Crippen LogP contribution in [0.1, 0.15) is 35.8 Å². The van der Waals surface area contributed by atoms with Gasteiger partial charge in [0.25, 0.3) is 0 Å². The predicted octanol–water partition coefficient (Wildman–Crippen LogP) is 6.55. The first-order valence-corrected chi connectivity index (χ1v) is 11.4. The Bertz CT molecular complexity index is 1010. The van der Waals surface area contributed by atoms with Crippen molar-refractivity contribution in [1.82, 2.24) is 4.90 Å². The number of rotatable bonds is 2. The summed E-state index contributed by atoms with van der Waals surface area (Å²) in [5, 5.41) is 0.806. The van der Waals surface area contributed by atoms with E-state index in [2.05, 4.69) is 78.6 Å². The Kier molecular flexibility index (Phi) is 5.40. The zero-order valence-corrected chi connectivity index (χ0v) is 18.0. The van der Waals surface area contributed by atoms with Crippen molar-refractivity contribution >= 4 is 23.4 Å². The minimum absolute atomic E-state index is 0.0822. The second-order valence-electron chi connectivity index (χ2n) is 7.79. The van der Waals surface area contributed by atoms with Crippen LogP contribution in [0.4, 0.5) is 0 Å². The van der Waals surface area contributed by atoms with E-state index in [0.29, 0.717) is 0 Å². The molecule has 148 valence electrons. The second kappa shape index (κ2) is 8.16. The lowest BCUT2D eigenvalue weighted by Crippen LogP contribution is -2.47. The Morgan fingerprint density at radius 1 is 0.966 bits per heavy atom. The highest BCUT2D eigenvalue weighted by molar-refractivity contribution is 7.99. The van der Waals surface area contributed by atoms with Gasteiger partial charge in [-0.1, -0.05) is 71.9 Å². The molecule has 1 fully saturated rings. The Morgan fingerprint density at radius 2 is 1.76 bits per heavy atom. The molecule has 2 aliphatic heterocycles. The van der Waals surface area contributed by atoms with Crippen molar-refractivity contribution in [1.29, 1.82) is 0 Å². The maximum absolute atomic E-state index is 6.45. The van der Waals surface area contributed by atoms with Crippen molar-refractivity contribution in [2.24, 2.45) is 0 Å². The predicted molar refractivity (Wildman–Crippen MR) is 120 cm³/mol. The van der Waals surface area contributed by atoms with Gasteiger partial charge in [-0.2, -0.15) is 0 Å². The van der Waals surface area contributed by atoms with Gasteiger partial charge in [0.05, 0.1) is 12.7 Å². The SMILES string of the molecule is C[C@@H]1[C@@H](c2ccccc2)OCCN1[C@@H]1Cc2ccccc2Sc2ccc(Cl)cc21. The normalized spacial score (nSPS) is 24.4. The molecule has 0 spiro atoms. The van der Waals surface area contributed by atoms with Gasteiger partial charge in [-0.25, -0.2) is 0 Å². The van der Waals surface area contributed by atoms with E-state index in [4.69, 9.17) is 16.3 Å². The van der Waals surface area contributed by atoms with Gasteiger partial charge in [0, 0.05) is 33.4 Å². The molecule has 3 aromatic carbocycles. The van der Waals surface area contributed by atoms with Crippen LogP contribution in [0.15, 0.2) is 82.6 Å². The first-order valence-electron chi connectivity index (χ1n) is 10.2. The summed E-state index contributed by atoms with van der Waals surface area (Å²) in [6.07, 6.45) is 1.07. The molecule has 4 heteroatoms. The molecule has 0 bridgehead atoms. The highest BCUT2D eigenvalue weighted by Crippen LogP contribution is 2.45.